The Balaban J connectivity index is 1.61. The number of benzene rings is 3. The predicted molar refractivity (Wildman–Crippen MR) is 146 cm³/mol. The van der Waals surface area contributed by atoms with Gasteiger partial charge in [-0.3, -0.25) is 9.59 Å². The topological polar surface area (TPSA) is 89.0 Å². The van der Waals surface area contributed by atoms with E-state index in [1.54, 1.807) is 43.5 Å². The maximum absolute atomic E-state index is 12.8. The van der Waals surface area contributed by atoms with Gasteiger partial charge < -0.3 is 14.8 Å². The lowest BCUT2D eigenvalue weighted by Gasteiger charge is -2.19. The lowest BCUT2D eigenvalue weighted by molar-refractivity contribution is -0.123. The highest BCUT2D eigenvalue weighted by molar-refractivity contribution is 6.30. The van der Waals surface area contributed by atoms with Gasteiger partial charge in [-0.25, -0.2) is 5.43 Å². The minimum Gasteiger partial charge on any atom is -0.493 e. The largest absolute Gasteiger partial charge is 0.493 e. The number of halogens is 1. The molecule has 0 aliphatic heterocycles. The molecular formula is C29H32ClN3O4. The number of methoxy groups -OCH3 is 1. The lowest BCUT2D eigenvalue weighted by Crippen LogP contribution is -2.46. The number of carbonyl (C=O) groups excluding carboxylic acids is 2. The molecule has 0 aliphatic carbocycles. The average Bonchev–Trinajstić information content (AvgIpc) is 2.88. The van der Waals surface area contributed by atoms with Crippen LogP contribution in [0.4, 0.5) is 0 Å². The number of ether oxygens (including phenoxy) is 2. The monoisotopic (exact) mass is 521 g/mol. The zero-order chi connectivity index (χ0) is 26.8. The molecule has 0 aliphatic rings. The molecule has 0 radical (unpaired) electrons. The molecule has 1 unspecified atom stereocenters. The molecule has 3 rings (SSSR count). The molecule has 2 amide bonds. The molecule has 7 nitrogen and oxygen atoms in total. The maximum Gasteiger partial charge on any atom is 0.262 e. The van der Waals surface area contributed by atoms with Crippen LogP contribution in [-0.2, 0) is 11.4 Å². The molecule has 0 spiro atoms. The van der Waals surface area contributed by atoms with Crippen LogP contribution in [0.1, 0.15) is 47.3 Å². The Morgan fingerprint density at radius 2 is 1.70 bits per heavy atom. The molecule has 0 bridgehead atoms. The minimum atomic E-state index is -0.743. The normalized spacial score (nSPS) is 11.8. The van der Waals surface area contributed by atoms with E-state index in [1.807, 2.05) is 51.1 Å². The van der Waals surface area contributed by atoms with Crippen molar-refractivity contribution < 1.29 is 19.1 Å². The molecule has 1 atom stereocenters. The summed E-state index contributed by atoms with van der Waals surface area (Å²) in [4.78, 5) is 25.4. The first-order chi connectivity index (χ1) is 17.7. The summed E-state index contributed by atoms with van der Waals surface area (Å²) in [5.41, 5.74) is 5.91. The summed E-state index contributed by atoms with van der Waals surface area (Å²) in [5, 5.41) is 7.40. The molecular weight excluding hydrogens is 490 g/mol. The fourth-order valence-electron chi connectivity index (χ4n) is 3.52. The van der Waals surface area contributed by atoms with Gasteiger partial charge in [0.15, 0.2) is 11.5 Å². The van der Waals surface area contributed by atoms with Gasteiger partial charge >= 0.3 is 0 Å². The Morgan fingerprint density at radius 3 is 2.35 bits per heavy atom. The van der Waals surface area contributed by atoms with Gasteiger partial charge in [0, 0.05) is 10.6 Å². The molecule has 3 aromatic carbocycles. The SMILES string of the molecule is COc1cc(/C=N/NC(=O)C(CC(C)C)NC(=O)c2ccc(Cl)cc2)ccc1OCc1ccc(C)cc1. The fraction of sp³-hybridized carbons (Fsp3) is 0.276. The van der Waals surface area contributed by atoms with Crippen molar-refractivity contribution in [2.45, 2.75) is 39.8 Å². The maximum atomic E-state index is 12.8. The number of nitrogens with zero attached hydrogens (tertiary/aromatic N) is 1. The molecule has 3 aromatic rings. The summed E-state index contributed by atoms with van der Waals surface area (Å²) in [6.45, 7) is 6.41. The van der Waals surface area contributed by atoms with Gasteiger partial charge in [0.05, 0.1) is 13.3 Å². The zero-order valence-electron chi connectivity index (χ0n) is 21.5. The highest BCUT2D eigenvalue weighted by Crippen LogP contribution is 2.28. The number of amides is 2. The van der Waals surface area contributed by atoms with Gasteiger partial charge in [-0.05, 0) is 72.9 Å². The first kappa shape index (κ1) is 27.7. The summed E-state index contributed by atoms with van der Waals surface area (Å²) in [7, 11) is 1.57. The van der Waals surface area contributed by atoms with E-state index in [0.717, 1.165) is 5.56 Å². The molecule has 37 heavy (non-hydrogen) atoms. The second kappa shape index (κ2) is 13.5. The molecule has 0 aromatic heterocycles. The summed E-state index contributed by atoms with van der Waals surface area (Å²) in [6, 6.07) is 19.3. The van der Waals surface area contributed by atoms with E-state index in [4.69, 9.17) is 21.1 Å². The van der Waals surface area contributed by atoms with E-state index < -0.39 is 11.9 Å². The van der Waals surface area contributed by atoms with Crippen LogP contribution in [0, 0.1) is 12.8 Å². The van der Waals surface area contributed by atoms with Gasteiger partial charge in [-0.1, -0.05) is 55.3 Å². The second-order valence-corrected chi connectivity index (χ2v) is 9.52. The summed E-state index contributed by atoms with van der Waals surface area (Å²) in [6.07, 6.45) is 1.97. The van der Waals surface area contributed by atoms with Crippen LogP contribution < -0.4 is 20.2 Å². The van der Waals surface area contributed by atoms with Crippen molar-refractivity contribution in [1.29, 1.82) is 0 Å². The first-order valence-electron chi connectivity index (χ1n) is 12.0. The molecule has 194 valence electrons. The van der Waals surface area contributed by atoms with Gasteiger partial charge in [-0.2, -0.15) is 5.10 Å². The third-order valence-corrected chi connectivity index (χ3v) is 5.78. The van der Waals surface area contributed by atoms with Crippen LogP contribution in [-0.4, -0.2) is 31.2 Å². The van der Waals surface area contributed by atoms with Crippen molar-refractivity contribution in [3.05, 3.63) is 94.0 Å². The van der Waals surface area contributed by atoms with Crippen molar-refractivity contribution in [2.75, 3.05) is 7.11 Å². The Hall–Kier alpha value is -3.84. The van der Waals surface area contributed by atoms with Gasteiger partial charge in [0.1, 0.15) is 12.6 Å². The van der Waals surface area contributed by atoms with Crippen LogP contribution >= 0.6 is 11.6 Å². The van der Waals surface area contributed by atoms with Crippen molar-refractivity contribution >= 4 is 29.6 Å². The standard InChI is InChI=1S/C29H32ClN3O4/c1-19(2)15-25(32-28(34)23-10-12-24(30)13-11-23)29(35)33-31-17-22-9-14-26(27(16-22)36-4)37-18-21-7-5-20(3)6-8-21/h5-14,16-17,19,25H,15,18H2,1-4H3,(H,32,34)(H,33,35)/b31-17+. The Kier molecular flexibility index (Phi) is 10.1. The van der Waals surface area contributed by atoms with Gasteiger partial charge in [-0.15, -0.1) is 0 Å². The van der Waals surface area contributed by atoms with Crippen molar-refractivity contribution in [1.82, 2.24) is 10.7 Å². The third-order valence-electron chi connectivity index (χ3n) is 5.53. The highest BCUT2D eigenvalue weighted by atomic mass is 35.5. The van der Waals surface area contributed by atoms with Crippen LogP contribution in [0.25, 0.3) is 0 Å². The fourth-order valence-corrected chi connectivity index (χ4v) is 3.65. The molecule has 0 heterocycles. The summed E-state index contributed by atoms with van der Waals surface area (Å²) < 4.78 is 11.4. The first-order valence-corrected chi connectivity index (χ1v) is 12.4. The van der Waals surface area contributed by atoms with E-state index in [-0.39, 0.29) is 11.8 Å². The highest BCUT2D eigenvalue weighted by Gasteiger charge is 2.22. The number of hydrogen-bond acceptors (Lipinski definition) is 5. The van der Waals surface area contributed by atoms with E-state index in [0.29, 0.717) is 40.7 Å². The van der Waals surface area contributed by atoms with Crippen molar-refractivity contribution in [2.24, 2.45) is 11.0 Å². The quantitative estimate of drug-likeness (QED) is 0.256. The number of hydrazone groups is 1. The number of carbonyl (C=O) groups is 2. The Labute approximate surface area is 222 Å². The smallest absolute Gasteiger partial charge is 0.262 e. The Bertz CT molecular complexity index is 1220. The summed E-state index contributed by atoms with van der Waals surface area (Å²) in [5.74, 6) is 0.577. The predicted octanol–water partition coefficient (Wildman–Crippen LogP) is 5.53. The molecule has 2 N–H and O–H groups in total. The minimum absolute atomic E-state index is 0.182. The number of aryl methyl sites for hydroxylation is 1. The van der Waals surface area contributed by atoms with E-state index in [1.165, 1.54) is 11.8 Å². The van der Waals surface area contributed by atoms with Crippen LogP contribution in [0.2, 0.25) is 5.02 Å². The van der Waals surface area contributed by atoms with Crippen LogP contribution in [0.3, 0.4) is 0 Å². The molecule has 0 saturated carbocycles. The number of rotatable bonds is 11. The van der Waals surface area contributed by atoms with E-state index in [9.17, 15) is 9.59 Å². The van der Waals surface area contributed by atoms with Crippen molar-refractivity contribution in [3.8, 4) is 11.5 Å². The second-order valence-electron chi connectivity index (χ2n) is 9.08. The number of hydrogen-bond donors (Lipinski definition) is 2. The zero-order valence-corrected chi connectivity index (χ0v) is 22.2. The van der Waals surface area contributed by atoms with Crippen molar-refractivity contribution in [3.63, 3.8) is 0 Å². The lowest BCUT2D eigenvalue weighted by atomic mass is 10.0. The van der Waals surface area contributed by atoms with Gasteiger partial charge in [0.25, 0.3) is 11.8 Å². The van der Waals surface area contributed by atoms with Crippen LogP contribution in [0.5, 0.6) is 11.5 Å². The molecule has 0 saturated heterocycles. The van der Waals surface area contributed by atoms with E-state index in [2.05, 4.69) is 15.8 Å². The van der Waals surface area contributed by atoms with Gasteiger partial charge in [0.2, 0.25) is 0 Å². The van der Waals surface area contributed by atoms with Crippen LogP contribution in [0.15, 0.2) is 71.8 Å². The molecule has 0 fully saturated rings. The molecule has 8 heteroatoms. The third kappa shape index (κ3) is 8.65. The Morgan fingerprint density at radius 1 is 1.00 bits per heavy atom. The summed E-state index contributed by atoms with van der Waals surface area (Å²) >= 11 is 5.90. The number of nitrogens with one attached hydrogen (secondary N) is 2. The van der Waals surface area contributed by atoms with E-state index >= 15 is 0 Å². The average molecular weight is 522 g/mol.